The van der Waals surface area contributed by atoms with Crippen LogP contribution in [0.5, 0.6) is 0 Å². The van der Waals surface area contributed by atoms with Crippen molar-refractivity contribution in [3.8, 4) is 0 Å². The molecule has 11 rings (SSSR count). The number of benzene rings is 4. The molecule has 316 valence electrons. The molecule has 0 bridgehead atoms. The van der Waals surface area contributed by atoms with Gasteiger partial charge < -0.3 is 25.0 Å². The number of rotatable bonds is 7. The van der Waals surface area contributed by atoms with Crippen LogP contribution in [-0.4, -0.2) is 90.9 Å². The Bertz CT molecular complexity index is 2750. The number of nitro groups is 1. The van der Waals surface area contributed by atoms with Crippen LogP contribution >= 0.6 is 0 Å². The third kappa shape index (κ3) is 9.42. The third-order valence-electron chi connectivity index (χ3n) is 11.5. The number of hydrogen-bond donors (Lipinski definition) is 1. The number of aliphatic imine (C=N–C) groups is 3. The van der Waals surface area contributed by atoms with E-state index in [-0.39, 0.29) is 11.4 Å². The van der Waals surface area contributed by atoms with Crippen LogP contribution in [0.4, 0.5) is 39.8 Å². The Morgan fingerprint density at radius 1 is 0.587 bits per heavy atom. The van der Waals surface area contributed by atoms with Crippen LogP contribution in [0.2, 0.25) is 0 Å². The molecule has 14 heteroatoms. The van der Waals surface area contributed by atoms with E-state index in [0.717, 1.165) is 123 Å². The Labute approximate surface area is 364 Å². The molecule has 0 atom stereocenters. The number of nitro benzene ring substituents is 1. The summed E-state index contributed by atoms with van der Waals surface area (Å²) in [7, 11) is 0. The zero-order valence-corrected chi connectivity index (χ0v) is 34.6. The minimum absolute atomic E-state index is 0.0786. The van der Waals surface area contributed by atoms with E-state index >= 15 is 0 Å². The van der Waals surface area contributed by atoms with Crippen molar-refractivity contribution >= 4 is 63.2 Å². The van der Waals surface area contributed by atoms with Crippen LogP contribution in [0.1, 0.15) is 44.0 Å². The number of aldehydes is 1. The molecule has 6 aromatic rings. The first-order valence-electron chi connectivity index (χ1n) is 21.0. The van der Waals surface area contributed by atoms with Crippen molar-refractivity contribution in [1.82, 2.24) is 9.97 Å². The molecule has 0 aliphatic carbocycles. The molecule has 4 aromatic carbocycles. The van der Waals surface area contributed by atoms with Crippen molar-refractivity contribution in [2.24, 2.45) is 15.0 Å². The number of pyridine rings is 2. The number of fused-ring (bicyclic) bond motifs is 3. The van der Waals surface area contributed by atoms with E-state index in [2.05, 4.69) is 73.3 Å². The zero-order valence-electron chi connectivity index (χ0n) is 34.6. The summed E-state index contributed by atoms with van der Waals surface area (Å²) in [6.07, 6.45) is 6.49. The number of anilines is 3. The summed E-state index contributed by atoms with van der Waals surface area (Å²) in [5, 5.41) is 11.1. The summed E-state index contributed by atoms with van der Waals surface area (Å²) in [5.74, 6) is 0. The molecule has 63 heavy (non-hydrogen) atoms. The molecule has 14 nitrogen and oxygen atoms in total. The van der Waals surface area contributed by atoms with Crippen molar-refractivity contribution < 1.29 is 19.2 Å². The Morgan fingerprint density at radius 2 is 1.10 bits per heavy atom. The fourth-order valence-electron chi connectivity index (χ4n) is 8.13. The highest BCUT2D eigenvalue weighted by Crippen LogP contribution is 2.36. The van der Waals surface area contributed by atoms with Crippen molar-refractivity contribution in [3.63, 3.8) is 0 Å². The smallest absolute Gasteiger partial charge is 0.292 e. The summed E-state index contributed by atoms with van der Waals surface area (Å²) < 4.78 is 10.9. The monoisotopic (exact) mass is 839 g/mol. The molecule has 0 amide bonds. The summed E-state index contributed by atoms with van der Waals surface area (Å²) in [5.41, 5.74) is 21.3. The standard InChI is InChI=1S/C25H22N4O.C18H18N4O3.C6H5NO/c1-2-8-26-23(3-1)25-16-18-13-17(4-6-21(18)28-25)24-15-19-14-20(5-7-22(19)27-24)29-9-11-30-12-10-29;19-15-3-1-12(11-18(15)22(23)24)17-10-13-9-14(2-4-16(13)20-17)21-5-7-25-8-6-21;8-5-6-3-1-2-4-7-6/h1-8,13-14H,9-12,15-16H2;1-4,9,11H,5-8,10,19H2;1-5H. The van der Waals surface area contributed by atoms with Gasteiger partial charge in [0.1, 0.15) is 11.4 Å². The Kier molecular flexibility index (Phi) is 12.1. The number of nitrogens with zero attached hydrogens (tertiary/aromatic N) is 8. The van der Waals surface area contributed by atoms with Gasteiger partial charge in [-0.05, 0) is 101 Å². The van der Waals surface area contributed by atoms with Crippen LogP contribution in [-0.2, 0) is 28.7 Å². The molecule has 0 spiro atoms. The molecule has 5 aliphatic heterocycles. The predicted octanol–water partition coefficient (Wildman–Crippen LogP) is 7.86. The Balaban J connectivity index is 0.000000138. The minimum Gasteiger partial charge on any atom is -0.393 e. The van der Waals surface area contributed by atoms with E-state index in [4.69, 9.17) is 25.2 Å². The highest BCUT2D eigenvalue weighted by atomic mass is 16.6. The van der Waals surface area contributed by atoms with Crippen LogP contribution in [0.25, 0.3) is 0 Å². The van der Waals surface area contributed by atoms with E-state index in [1.807, 2.05) is 30.5 Å². The maximum absolute atomic E-state index is 11.1. The second-order valence-corrected chi connectivity index (χ2v) is 15.5. The van der Waals surface area contributed by atoms with Gasteiger partial charge in [-0.3, -0.25) is 39.9 Å². The average Bonchev–Trinajstić information content (AvgIpc) is 4.10. The number of carbonyl (C=O) groups is 1. The quantitative estimate of drug-likeness (QED) is 0.0722. The van der Waals surface area contributed by atoms with Gasteiger partial charge in [0, 0.05) is 80.8 Å². The molecular formula is C49H45N9O5. The number of carbonyl (C=O) groups excluding carboxylic acids is 1. The third-order valence-corrected chi connectivity index (χ3v) is 11.5. The van der Waals surface area contributed by atoms with E-state index in [1.165, 1.54) is 34.1 Å². The normalized spacial score (nSPS) is 15.9. The summed E-state index contributed by atoms with van der Waals surface area (Å²) >= 11 is 0. The number of morpholine rings is 2. The molecule has 7 heterocycles. The SMILES string of the molecule is Nc1ccc(C2=Nc3ccc(N4CCOCC4)cc3C2)cc1[N+](=O)[O-].O=Cc1ccccn1.c1ccc(C2=Nc3ccc(C4=Nc5ccc(N6CCOCC6)cc5C4)cc3C2)nc1. The maximum Gasteiger partial charge on any atom is 0.292 e. The van der Waals surface area contributed by atoms with Gasteiger partial charge in [-0.2, -0.15) is 0 Å². The highest BCUT2D eigenvalue weighted by Gasteiger charge is 2.24. The molecule has 0 unspecified atom stereocenters. The van der Waals surface area contributed by atoms with Gasteiger partial charge in [0.2, 0.25) is 0 Å². The lowest BCUT2D eigenvalue weighted by molar-refractivity contribution is -0.383. The minimum atomic E-state index is -0.460. The molecule has 0 saturated carbocycles. The van der Waals surface area contributed by atoms with Gasteiger partial charge >= 0.3 is 0 Å². The second kappa shape index (κ2) is 18.7. The van der Waals surface area contributed by atoms with E-state index < -0.39 is 4.92 Å². The molecule has 0 radical (unpaired) electrons. The van der Waals surface area contributed by atoms with Crippen LogP contribution in [0, 0.1) is 10.1 Å². The topological polar surface area (TPSA) is 174 Å². The fourth-order valence-corrected chi connectivity index (χ4v) is 8.13. The first kappa shape index (κ1) is 41.0. The van der Waals surface area contributed by atoms with Crippen molar-refractivity contribution in [1.29, 1.82) is 0 Å². The largest absolute Gasteiger partial charge is 0.393 e. The van der Waals surface area contributed by atoms with Gasteiger partial charge in [0.25, 0.3) is 5.69 Å². The molecular weight excluding hydrogens is 795 g/mol. The maximum atomic E-state index is 11.1. The van der Waals surface area contributed by atoms with Crippen LogP contribution in [0.15, 0.2) is 137 Å². The predicted molar refractivity (Wildman–Crippen MR) is 246 cm³/mol. The van der Waals surface area contributed by atoms with Crippen LogP contribution in [0.3, 0.4) is 0 Å². The fraction of sp³-hybridized carbons (Fsp3) is 0.224. The zero-order chi connectivity index (χ0) is 43.1. The first-order valence-corrected chi connectivity index (χ1v) is 21.0. The van der Waals surface area contributed by atoms with Gasteiger partial charge in [0.05, 0.1) is 71.2 Å². The number of nitrogens with two attached hydrogens (primary N) is 1. The Hall–Kier alpha value is -7.42. The second-order valence-electron chi connectivity index (χ2n) is 15.5. The van der Waals surface area contributed by atoms with E-state index in [9.17, 15) is 14.9 Å². The molecule has 2 N–H and O–H groups in total. The van der Waals surface area contributed by atoms with Crippen molar-refractivity contribution in [2.45, 2.75) is 19.3 Å². The van der Waals surface area contributed by atoms with Gasteiger partial charge in [0.15, 0.2) is 6.29 Å². The first-order chi connectivity index (χ1) is 30.9. The average molecular weight is 840 g/mol. The van der Waals surface area contributed by atoms with Gasteiger partial charge in [-0.25, -0.2) is 0 Å². The lowest BCUT2D eigenvalue weighted by Crippen LogP contribution is -2.36. The summed E-state index contributed by atoms with van der Waals surface area (Å²) in [6, 6.07) is 35.4. The summed E-state index contributed by atoms with van der Waals surface area (Å²) in [4.78, 5) is 47.8. The number of nitrogen functional groups attached to an aromatic ring is 1. The molecule has 2 aromatic heterocycles. The molecule has 5 aliphatic rings. The van der Waals surface area contributed by atoms with Gasteiger partial charge in [-0.15, -0.1) is 0 Å². The van der Waals surface area contributed by atoms with E-state index in [0.29, 0.717) is 12.1 Å². The van der Waals surface area contributed by atoms with Gasteiger partial charge in [-0.1, -0.05) is 24.3 Å². The number of ether oxygens (including phenoxy) is 2. The Morgan fingerprint density at radius 3 is 1.62 bits per heavy atom. The number of hydrogen-bond acceptors (Lipinski definition) is 13. The lowest BCUT2D eigenvalue weighted by atomic mass is 9.99. The highest BCUT2D eigenvalue weighted by molar-refractivity contribution is 6.09. The molecule has 2 fully saturated rings. The lowest BCUT2D eigenvalue weighted by Gasteiger charge is -2.29. The summed E-state index contributed by atoms with van der Waals surface area (Å²) in [6.45, 7) is 6.77. The van der Waals surface area contributed by atoms with Crippen molar-refractivity contribution in [2.75, 3.05) is 68.1 Å². The number of aromatic nitrogens is 2. The van der Waals surface area contributed by atoms with Crippen molar-refractivity contribution in [3.05, 3.63) is 171 Å². The molecule has 2 saturated heterocycles. The van der Waals surface area contributed by atoms with E-state index in [1.54, 1.807) is 36.5 Å². The van der Waals surface area contributed by atoms with Crippen LogP contribution < -0.4 is 15.5 Å².